The summed E-state index contributed by atoms with van der Waals surface area (Å²) >= 11 is 0. The van der Waals surface area contributed by atoms with Gasteiger partial charge in [-0.2, -0.15) is 0 Å². The van der Waals surface area contributed by atoms with E-state index in [0.717, 1.165) is 12.1 Å². The van der Waals surface area contributed by atoms with Crippen molar-refractivity contribution in [3.05, 3.63) is 42.1 Å². The molecule has 0 amide bonds. The van der Waals surface area contributed by atoms with Crippen molar-refractivity contribution < 1.29 is 4.74 Å². The zero-order valence-electron chi connectivity index (χ0n) is 12.0. The number of pyridine rings is 1. The van der Waals surface area contributed by atoms with Crippen LogP contribution in [0.15, 0.2) is 36.5 Å². The topological polar surface area (TPSA) is 34.1 Å². The Labute approximate surface area is 120 Å². The quantitative estimate of drug-likeness (QED) is 0.925. The largest absolute Gasteiger partial charge is 0.381 e. The Balaban J connectivity index is 1.63. The summed E-state index contributed by atoms with van der Waals surface area (Å²) in [6, 6.07) is 11.1. The number of nitrogens with zero attached hydrogens (tertiary/aromatic N) is 1. The molecule has 1 fully saturated rings. The van der Waals surface area contributed by atoms with Crippen molar-refractivity contribution in [3.8, 4) is 0 Å². The van der Waals surface area contributed by atoms with Crippen molar-refractivity contribution in [2.75, 3.05) is 7.11 Å². The van der Waals surface area contributed by atoms with E-state index in [1.165, 1.54) is 36.6 Å². The van der Waals surface area contributed by atoms with Crippen LogP contribution in [0.4, 0.5) is 0 Å². The van der Waals surface area contributed by atoms with Gasteiger partial charge in [-0.1, -0.05) is 24.3 Å². The summed E-state index contributed by atoms with van der Waals surface area (Å²) in [5, 5.41) is 4.90. The Bertz CT molecular complexity index is 556. The van der Waals surface area contributed by atoms with Crippen molar-refractivity contribution in [2.24, 2.45) is 0 Å². The van der Waals surface area contributed by atoms with E-state index in [9.17, 15) is 0 Å². The van der Waals surface area contributed by atoms with E-state index >= 15 is 0 Å². The lowest BCUT2D eigenvalue weighted by Crippen LogP contribution is -2.34. The molecule has 1 aromatic carbocycles. The maximum absolute atomic E-state index is 5.42. The van der Waals surface area contributed by atoms with Crippen LogP contribution in [0.1, 0.15) is 31.2 Å². The van der Waals surface area contributed by atoms with Gasteiger partial charge in [-0.15, -0.1) is 0 Å². The highest BCUT2D eigenvalue weighted by molar-refractivity contribution is 5.81. The number of rotatable bonds is 4. The first-order chi connectivity index (χ1) is 9.86. The van der Waals surface area contributed by atoms with Crippen LogP contribution < -0.4 is 5.32 Å². The summed E-state index contributed by atoms with van der Waals surface area (Å²) in [4.78, 5) is 4.51. The number of fused-ring (bicyclic) bond motifs is 1. The molecule has 1 heterocycles. The second-order valence-corrected chi connectivity index (χ2v) is 5.58. The van der Waals surface area contributed by atoms with Gasteiger partial charge in [0, 0.05) is 31.3 Å². The van der Waals surface area contributed by atoms with Crippen LogP contribution in [0.25, 0.3) is 10.9 Å². The number of hydrogen-bond acceptors (Lipinski definition) is 3. The van der Waals surface area contributed by atoms with Crippen molar-refractivity contribution in [2.45, 2.75) is 44.4 Å². The number of nitrogens with one attached hydrogen (secondary N) is 1. The molecule has 1 N–H and O–H groups in total. The van der Waals surface area contributed by atoms with E-state index in [-0.39, 0.29) is 0 Å². The molecule has 0 unspecified atom stereocenters. The maximum atomic E-state index is 5.42. The fourth-order valence-electron chi connectivity index (χ4n) is 3.07. The Morgan fingerprint density at radius 1 is 1.15 bits per heavy atom. The number of aromatic nitrogens is 1. The van der Waals surface area contributed by atoms with Gasteiger partial charge in [0.15, 0.2) is 0 Å². The number of hydrogen-bond donors (Lipinski definition) is 1. The highest BCUT2D eigenvalue weighted by Crippen LogP contribution is 2.22. The molecule has 0 saturated heterocycles. The van der Waals surface area contributed by atoms with E-state index in [4.69, 9.17) is 4.74 Å². The third-order valence-electron chi connectivity index (χ3n) is 4.31. The molecule has 20 heavy (non-hydrogen) atoms. The second-order valence-electron chi connectivity index (χ2n) is 5.58. The van der Waals surface area contributed by atoms with Crippen molar-refractivity contribution >= 4 is 10.9 Å². The summed E-state index contributed by atoms with van der Waals surface area (Å²) in [6.45, 7) is 0.899. The molecular weight excluding hydrogens is 248 g/mol. The molecule has 106 valence electrons. The predicted molar refractivity (Wildman–Crippen MR) is 81.6 cm³/mol. The number of para-hydroxylation sites is 1. The number of benzene rings is 1. The van der Waals surface area contributed by atoms with E-state index in [0.29, 0.717) is 12.1 Å². The molecule has 3 heteroatoms. The van der Waals surface area contributed by atoms with Crippen molar-refractivity contribution in [3.63, 3.8) is 0 Å². The zero-order valence-corrected chi connectivity index (χ0v) is 12.0. The Morgan fingerprint density at radius 3 is 2.75 bits per heavy atom. The Hall–Kier alpha value is -1.45. The molecule has 1 saturated carbocycles. The standard InChI is InChI=1S/C17H22N2O/c1-20-16-9-7-15(8-10-16)19-12-14-5-2-4-13-6-3-11-18-17(13)14/h2-6,11,15-16,19H,7-10,12H2,1H3. The lowest BCUT2D eigenvalue weighted by Gasteiger charge is -2.28. The fourth-order valence-corrected chi connectivity index (χ4v) is 3.07. The van der Waals surface area contributed by atoms with Gasteiger partial charge < -0.3 is 10.1 Å². The minimum atomic E-state index is 0.465. The third-order valence-corrected chi connectivity index (χ3v) is 4.31. The minimum Gasteiger partial charge on any atom is -0.381 e. The van der Waals surface area contributed by atoms with Crippen LogP contribution in [0, 0.1) is 0 Å². The van der Waals surface area contributed by atoms with E-state index in [2.05, 4.69) is 34.6 Å². The SMILES string of the molecule is COC1CCC(NCc2cccc3cccnc23)CC1. The lowest BCUT2D eigenvalue weighted by atomic mass is 9.93. The van der Waals surface area contributed by atoms with Crippen LogP contribution in [0.5, 0.6) is 0 Å². The average Bonchev–Trinajstić information content (AvgIpc) is 2.53. The Kier molecular flexibility index (Phi) is 4.28. The van der Waals surface area contributed by atoms with Gasteiger partial charge in [0.2, 0.25) is 0 Å². The highest BCUT2D eigenvalue weighted by Gasteiger charge is 2.20. The first-order valence-corrected chi connectivity index (χ1v) is 7.45. The van der Waals surface area contributed by atoms with E-state index in [1.54, 1.807) is 0 Å². The molecule has 1 aliphatic carbocycles. The lowest BCUT2D eigenvalue weighted by molar-refractivity contribution is 0.0624. The van der Waals surface area contributed by atoms with Crippen LogP contribution in [-0.4, -0.2) is 24.2 Å². The first-order valence-electron chi connectivity index (χ1n) is 7.45. The van der Waals surface area contributed by atoms with E-state index < -0.39 is 0 Å². The van der Waals surface area contributed by atoms with Gasteiger partial charge in [-0.3, -0.25) is 4.98 Å². The fraction of sp³-hybridized carbons (Fsp3) is 0.471. The molecule has 0 radical (unpaired) electrons. The molecule has 0 spiro atoms. The van der Waals surface area contributed by atoms with Gasteiger partial charge in [0.05, 0.1) is 11.6 Å². The number of ether oxygens (including phenoxy) is 1. The van der Waals surface area contributed by atoms with E-state index in [1.807, 2.05) is 19.4 Å². The molecule has 2 aromatic rings. The van der Waals surface area contributed by atoms with Gasteiger partial charge >= 0.3 is 0 Å². The molecule has 0 atom stereocenters. The minimum absolute atomic E-state index is 0.465. The van der Waals surface area contributed by atoms with Crippen LogP contribution >= 0.6 is 0 Å². The van der Waals surface area contributed by atoms with Crippen LogP contribution in [-0.2, 0) is 11.3 Å². The second kappa shape index (κ2) is 6.33. The summed E-state index contributed by atoms with van der Waals surface area (Å²) < 4.78 is 5.42. The van der Waals surface area contributed by atoms with Crippen LogP contribution in [0.3, 0.4) is 0 Å². The molecule has 3 rings (SSSR count). The Morgan fingerprint density at radius 2 is 1.95 bits per heavy atom. The molecule has 1 aromatic heterocycles. The summed E-state index contributed by atoms with van der Waals surface area (Å²) in [7, 11) is 1.82. The van der Waals surface area contributed by atoms with Crippen LogP contribution in [0.2, 0.25) is 0 Å². The normalized spacial score (nSPS) is 23.1. The summed E-state index contributed by atoms with van der Waals surface area (Å²) in [6.07, 6.45) is 7.08. The van der Waals surface area contributed by atoms with Crippen molar-refractivity contribution in [1.29, 1.82) is 0 Å². The summed E-state index contributed by atoms with van der Waals surface area (Å²) in [5.41, 5.74) is 2.41. The zero-order chi connectivity index (χ0) is 13.8. The number of methoxy groups -OCH3 is 1. The molecule has 1 aliphatic rings. The monoisotopic (exact) mass is 270 g/mol. The summed E-state index contributed by atoms with van der Waals surface area (Å²) in [5.74, 6) is 0. The predicted octanol–water partition coefficient (Wildman–Crippen LogP) is 3.28. The smallest absolute Gasteiger partial charge is 0.0746 e. The molecular formula is C17H22N2O. The molecule has 3 nitrogen and oxygen atoms in total. The van der Waals surface area contributed by atoms with Gasteiger partial charge in [0.1, 0.15) is 0 Å². The van der Waals surface area contributed by atoms with Gasteiger partial charge in [-0.05, 0) is 37.3 Å². The van der Waals surface area contributed by atoms with Gasteiger partial charge in [0.25, 0.3) is 0 Å². The first kappa shape index (κ1) is 13.5. The maximum Gasteiger partial charge on any atom is 0.0746 e. The van der Waals surface area contributed by atoms with Gasteiger partial charge in [-0.25, -0.2) is 0 Å². The highest BCUT2D eigenvalue weighted by atomic mass is 16.5. The average molecular weight is 270 g/mol. The third kappa shape index (κ3) is 3.00. The molecule has 0 bridgehead atoms. The molecule has 0 aliphatic heterocycles. The van der Waals surface area contributed by atoms with Crippen molar-refractivity contribution in [1.82, 2.24) is 10.3 Å².